The van der Waals surface area contributed by atoms with Crippen LogP contribution in [-0.2, 0) is 4.79 Å². The van der Waals surface area contributed by atoms with E-state index in [1.165, 1.54) is 0 Å². The maximum atomic E-state index is 12.7. The molecule has 0 aromatic carbocycles. The van der Waals surface area contributed by atoms with Crippen molar-refractivity contribution in [2.24, 2.45) is 23.5 Å². The SMILES string of the molecule is CC(C)CN(C(=O)C1CCCC(C)C1N)C(C)C. The molecule has 3 atom stereocenters. The molecule has 2 N–H and O–H groups in total. The van der Waals surface area contributed by atoms with Crippen LogP contribution in [0, 0.1) is 17.8 Å². The number of carbonyl (C=O) groups excluding carboxylic acids is 1. The van der Waals surface area contributed by atoms with Crippen LogP contribution in [0.4, 0.5) is 0 Å². The van der Waals surface area contributed by atoms with Gasteiger partial charge in [-0.2, -0.15) is 0 Å². The number of nitrogens with zero attached hydrogens (tertiary/aromatic N) is 1. The number of carbonyl (C=O) groups is 1. The van der Waals surface area contributed by atoms with Gasteiger partial charge in [0, 0.05) is 18.6 Å². The Morgan fingerprint density at radius 2 is 1.89 bits per heavy atom. The second-order valence-electron chi connectivity index (χ2n) is 6.57. The summed E-state index contributed by atoms with van der Waals surface area (Å²) in [7, 11) is 0. The van der Waals surface area contributed by atoms with Gasteiger partial charge in [0.05, 0.1) is 5.92 Å². The summed E-state index contributed by atoms with van der Waals surface area (Å²) in [4.78, 5) is 14.7. The Morgan fingerprint density at radius 1 is 1.28 bits per heavy atom. The van der Waals surface area contributed by atoms with Gasteiger partial charge in [0.2, 0.25) is 5.91 Å². The molecular formula is C15H30N2O. The van der Waals surface area contributed by atoms with Crippen LogP contribution in [-0.4, -0.2) is 29.4 Å². The quantitative estimate of drug-likeness (QED) is 0.838. The molecule has 0 spiro atoms. The first-order valence-corrected chi connectivity index (χ1v) is 7.40. The van der Waals surface area contributed by atoms with Crippen LogP contribution < -0.4 is 5.73 Å². The predicted octanol–water partition coefficient (Wildman–Crippen LogP) is 2.64. The number of hydrogen-bond acceptors (Lipinski definition) is 2. The highest BCUT2D eigenvalue weighted by atomic mass is 16.2. The van der Waals surface area contributed by atoms with Crippen molar-refractivity contribution in [1.29, 1.82) is 0 Å². The minimum atomic E-state index is 0.0369. The molecule has 0 radical (unpaired) electrons. The molecule has 1 fully saturated rings. The van der Waals surface area contributed by atoms with Crippen molar-refractivity contribution in [3.63, 3.8) is 0 Å². The molecule has 1 aliphatic rings. The second-order valence-corrected chi connectivity index (χ2v) is 6.57. The summed E-state index contributed by atoms with van der Waals surface area (Å²) in [6, 6.07) is 0.309. The van der Waals surface area contributed by atoms with Crippen molar-refractivity contribution in [2.75, 3.05) is 6.54 Å². The molecule has 0 heterocycles. The van der Waals surface area contributed by atoms with E-state index in [0.29, 0.717) is 11.8 Å². The summed E-state index contributed by atoms with van der Waals surface area (Å²) in [5, 5.41) is 0. The number of rotatable bonds is 4. The van der Waals surface area contributed by atoms with E-state index < -0.39 is 0 Å². The lowest BCUT2D eigenvalue weighted by molar-refractivity contribution is -0.140. The van der Waals surface area contributed by atoms with E-state index in [4.69, 9.17) is 5.73 Å². The Bertz CT molecular complexity index is 272. The second kappa shape index (κ2) is 6.55. The van der Waals surface area contributed by atoms with E-state index in [2.05, 4.69) is 34.6 Å². The van der Waals surface area contributed by atoms with Crippen molar-refractivity contribution in [3.8, 4) is 0 Å². The summed E-state index contributed by atoms with van der Waals surface area (Å²) < 4.78 is 0. The van der Waals surface area contributed by atoms with Crippen LogP contribution in [0.5, 0.6) is 0 Å². The van der Waals surface area contributed by atoms with Crippen molar-refractivity contribution < 1.29 is 4.79 Å². The van der Waals surface area contributed by atoms with Crippen LogP contribution in [0.1, 0.15) is 53.9 Å². The Morgan fingerprint density at radius 3 is 2.39 bits per heavy atom. The third kappa shape index (κ3) is 3.71. The first-order valence-electron chi connectivity index (χ1n) is 7.40. The monoisotopic (exact) mass is 254 g/mol. The summed E-state index contributed by atoms with van der Waals surface area (Å²) in [5.41, 5.74) is 6.24. The van der Waals surface area contributed by atoms with Crippen molar-refractivity contribution in [2.45, 2.75) is 66.0 Å². The van der Waals surface area contributed by atoms with Gasteiger partial charge in [-0.3, -0.25) is 4.79 Å². The largest absolute Gasteiger partial charge is 0.340 e. The van der Waals surface area contributed by atoms with Crippen LogP contribution in [0.25, 0.3) is 0 Å². The fourth-order valence-corrected chi connectivity index (χ4v) is 2.89. The number of hydrogen-bond donors (Lipinski definition) is 1. The van der Waals surface area contributed by atoms with Gasteiger partial charge < -0.3 is 10.6 Å². The molecule has 3 heteroatoms. The molecule has 0 aliphatic heterocycles. The first kappa shape index (κ1) is 15.5. The molecule has 0 bridgehead atoms. The maximum Gasteiger partial charge on any atom is 0.227 e. The zero-order chi connectivity index (χ0) is 13.9. The summed E-state index contributed by atoms with van der Waals surface area (Å²) in [6.45, 7) is 11.5. The molecule has 0 aromatic rings. The lowest BCUT2D eigenvalue weighted by Crippen LogP contribution is -2.51. The van der Waals surface area contributed by atoms with E-state index >= 15 is 0 Å². The van der Waals surface area contributed by atoms with Crippen LogP contribution >= 0.6 is 0 Å². The molecular weight excluding hydrogens is 224 g/mol. The number of nitrogens with two attached hydrogens (primary N) is 1. The molecule has 0 aromatic heterocycles. The van der Waals surface area contributed by atoms with E-state index in [9.17, 15) is 4.79 Å². The fraction of sp³-hybridized carbons (Fsp3) is 0.933. The topological polar surface area (TPSA) is 46.3 Å². The third-order valence-electron chi connectivity index (χ3n) is 4.08. The summed E-state index contributed by atoms with van der Waals surface area (Å²) >= 11 is 0. The smallest absolute Gasteiger partial charge is 0.227 e. The van der Waals surface area contributed by atoms with E-state index in [-0.39, 0.29) is 23.9 Å². The first-order chi connectivity index (χ1) is 8.34. The Labute approximate surface area is 112 Å². The van der Waals surface area contributed by atoms with Gasteiger partial charge in [-0.15, -0.1) is 0 Å². The molecule has 3 unspecified atom stereocenters. The molecule has 1 saturated carbocycles. The van der Waals surface area contributed by atoms with E-state index in [1.807, 2.05) is 4.90 Å². The summed E-state index contributed by atoms with van der Waals surface area (Å²) in [5.74, 6) is 1.29. The van der Waals surface area contributed by atoms with Crippen LogP contribution in [0.2, 0.25) is 0 Å². The average Bonchev–Trinajstić information content (AvgIpc) is 2.28. The lowest BCUT2D eigenvalue weighted by atomic mass is 9.77. The Hall–Kier alpha value is -0.570. The number of amides is 1. The average molecular weight is 254 g/mol. The van der Waals surface area contributed by atoms with Gasteiger partial charge >= 0.3 is 0 Å². The summed E-state index contributed by atoms with van der Waals surface area (Å²) in [6.07, 6.45) is 3.27. The molecule has 1 rings (SSSR count). The van der Waals surface area contributed by atoms with Gasteiger partial charge in [0.1, 0.15) is 0 Å². The standard InChI is InChI=1S/C15H30N2O/c1-10(2)9-17(11(3)4)15(18)13-8-6-7-12(5)14(13)16/h10-14H,6-9,16H2,1-5H3. The third-order valence-corrected chi connectivity index (χ3v) is 4.08. The highest BCUT2D eigenvalue weighted by molar-refractivity contribution is 5.80. The minimum absolute atomic E-state index is 0.0369. The molecule has 106 valence electrons. The van der Waals surface area contributed by atoms with Crippen molar-refractivity contribution in [1.82, 2.24) is 4.90 Å². The van der Waals surface area contributed by atoms with Crippen LogP contribution in [0.3, 0.4) is 0 Å². The zero-order valence-corrected chi connectivity index (χ0v) is 12.6. The highest BCUT2D eigenvalue weighted by Crippen LogP contribution is 2.29. The molecule has 0 saturated heterocycles. The van der Waals surface area contributed by atoms with E-state index in [0.717, 1.165) is 25.8 Å². The fourth-order valence-electron chi connectivity index (χ4n) is 2.89. The Kier molecular flexibility index (Phi) is 5.64. The van der Waals surface area contributed by atoms with E-state index in [1.54, 1.807) is 0 Å². The van der Waals surface area contributed by atoms with Gasteiger partial charge in [-0.25, -0.2) is 0 Å². The highest BCUT2D eigenvalue weighted by Gasteiger charge is 2.35. The zero-order valence-electron chi connectivity index (χ0n) is 12.6. The lowest BCUT2D eigenvalue weighted by Gasteiger charge is -2.38. The molecule has 3 nitrogen and oxygen atoms in total. The van der Waals surface area contributed by atoms with Crippen LogP contribution in [0.15, 0.2) is 0 Å². The molecule has 1 aliphatic carbocycles. The predicted molar refractivity (Wildman–Crippen MR) is 76.2 cm³/mol. The van der Waals surface area contributed by atoms with Crippen molar-refractivity contribution in [3.05, 3.63) is 0 Å². The Balaban J connectivity index is 2.75. The van der Waals surface area contributed by atoms with Gasteiger partial charge in [-0.05, 0) is 38.5 Å². The van der Waals surface area contributed by atoms with Gasteiger partial charge in [0.25, 0.3) is 0 Å². The normalized spacial score (nSPS) is 28.8. The van der Waals surface area contributed by atoms with Gasteiger partial charge in [0.15, 0.2) is 0 Å². The maximum absolute atomic E-state index is 12.7. The van der Waals surface area contributed by atoms with Gasteiger partial charge in [-0.1, -0.05) is 27.2 Å². The minimum Gasteiger partial charge on any atom is -0.340 e. The van der Waals surface area contributed by atoms with Crippen molar-refractivity contribution >= 4 is 5.91 Å². The molecule has 18 heavy (non-hydrogen) atoms. The molecule has 1 amide bonds.